The normalized spacial score (nSPS) is 17.7. The Kier molecular flexibility index (Phi) is 4.72. The van der Waals surface area contributed by atoms with Crippen molar-refractivity contribution in [3.05, 3.63) is 30.1 Å². The molecule has 4 rings (SSSR count). The molecule has 2 fully saturated rings. The van der Waals surface area contributed by atoms with Gasteiger partial charge < -0.3 is 9.64 Å². The van der Waals surface area contributed by atoms with Crippen LogP contribution in [0.5, 0.6) is 0 Å². The average molecular weight is 362 g/mol. The van der Waals surface area contributed by atoms with Crippen LogP contribution in [0.3, 0.4) is 0 Å². The number of amides is 1. The monoisotopic (exact) mass is 362 g/mol. The largest absolute Gasteiger partial charge is 0.378 e. The molecule has 1 aliphatic heterocycles. The van der Waals surface area contributed by atoms with E-state index in [9.17, 15) is 9.18 Å². The summed E-state index contributed by atoms with van der Waals surface area (Å²) in [5.41, 5.74) is 0.452. The number of aromatic nitrogens is 3. The van der Waals surface area contributed by atoms with Gasteiger partial charge in [0.2, 0.25) is 5.91 Å². The number of halogens is 1. The molecule has 1 aromatic carbocycles. The van der Waals surface area contributed by atoms with E-state index < -0.39 is 0 Å². The van der Waals surface area contributed by atoms with Gasteiger partial charge in [0.25, 0.3) is 0 Å². The van der Waals surface area contributed by atoms with E-state index in [-0.39, 0.29) is 11.7 Å². The molecule has 1 aliphatic carbocycles. The highest BCUT2D eigenvalue weighted by Crippen LogP contribution is 2.41. The zero-order chi connectivity index (χ0) is 17.2. The summed E-state index contributed by atoms with van der Waals surface area (Å²) in [6.07, 6.45) is 2.06. The molecule has 1 saturated heterocycles. The van der Waals surface area contributed by atoms with Crippen molar-refractivity contribution in [1.82, 2.24) is 19.7 Å². The summed E-state index contributed by atoms with van der Waals surface area (Å²) < 4.78 is 21.4. The van der Waals surface area contributed by atoms with Crippen molar-refractivity contribution < 1.29 is 13.9 Å². The van der Waals surface area contributed by atoms with Crippen molar-refractivity contribution in [2.45, 2.75) is 24.0 Å². The van der Waals surface area contributed by atoms with E-state index >= 15 is 0 Å². The first-order valence-electron chi connectivity index (χ1n) is 8.42. The maximum atomic E-state index is 14.1. The third-order valence-electron chi connectivity index (χ3n) is 4.38. The number of carbonyl (C=O) groups is 1. The van der Waals surface area contributed by atoms with Gasteiger partial charge in [0.15, 0.2) is 11.0 Å². The first-order valence-corrected chi connectivity index (χ1v) is 9.40. The summed E-state index contributed by atoms with van der Waals surface area (Å²) in [7, 11) is 0. The van der Waals surface area contributed by atoms with Crippen molar-refractivity contribution in [2.24, 2.45) is 0 Å². The molecule has 2 aliphatic rings. The lowest BCUT2D eigenvalue weighted by Gasteiger charge is -2.26. The molecule has 0 bridgehead atoms. The van der Waals surface area contributed by atoms with E-state index in [0.29, 0.717) is 54.6 Å². The van der Waals surface area contributed by atoms with Gasteiger partial charge in [0.05, 0.1) is 24.5 Å². The number of hydrogen-bond donors (Lipinski definition) is 0. The molecule has 0 radical (unpaired) electrons. The van der Waals surface area contributed by atoms with E-state index in [1.165, 1.54) is 17.8 Å². The second-order valence-electron chi connectivity index (χ2n) is 6.17. The second-order valence-corrected chi connectivity index (χ2v) is 7.11. The zero-order valence-electron chi connectivity index (χ0n) is 13.7. The Bertz CT molecular complexity index is 772. The smallest absolute Gasteiger partial charge is 0.233 e. The predicted molar refractivity (Wildman–Crippen MR) is 91.8 cm³/mol. The Labute approximate surface area is 149 Å². The molecular formula is C17H19FN4O2S. The topological polar surface area (TPSA) is 60.2 Å². The Morgan fingerprint density at radius 1 is 1.24 bits per heavy atom. The molecular weight excluding hydrogens is 343 g/mol. The van der Waals surface area contributed by atoms with Gasteiger partial charge in [-0.1, -0.05) is 23.9 Å². The Morgan fingerprint density at radius 2 is 2.00 bits per heavy atom. The predicted octanol–water partition coefficient (Wildman–Crippen LogP) is 2.37. The number of ether oxygens (including phenoxy) is 1. The molecule has 0 atom stereocenters. The van der Waals surface area contributed by atoms with Crippen LogP contribution in [-0.2, 0) is 9.53 Å². The van der Waals surface area contributed by atoms with Crippen LogP contribution in [0.1, 0.15) is 18.9 Å². The van der Waals surface area contributed by atoms with Crippen LogP contribution >= 0.6 is 11.8 Å². The fraction of sp³-hybridized carbons (Fsp3) is 0.471. The van der Waals surface area contributed by atoms with Gasteiger partial charge in [-0.3, -0.25) is 9.36 Å². The van der Waals surface area contributed by atoms with Crippen LogP contribution in [0, 0.1) is 5.82 Å². The van der Waals surface area contributed by atoms with Crippen LogP contribution in [0.25, 0.3) is 11.4 Å². The molecule has 25 heavy (non-hydrogen) atoms. The van der Waals surface area contributed by atoms with E-state index in [1.807, 2.05) is 9.47 Å². The van der Waals surface area contributed by atoms with Crippen molar-refractivity contribution in [3.8, 4) is 11.4 Å². The fourth-order valence-electron chi connectivity index (χ4n) is 2.89. The molecule has 8 heteroatoms. The molecule has 1 saturated carbocycles. The number of thioether (sulfide) groups is 1. The van der Waals surface area contributed by atoms with Gasteiger partial charge in [-0.25, -0.2) is 4.39 Å². The number of nitrogens with zero attached hydrogens (tertiary/aromatic N) is 4. The first-order chi connectivity index (χ1) is 12.2. The number of rotatable bonds is 5. The molecule has 0 N–H and O–H groups in total. The zero-order valence-corrected chi connectivity index (χ0v) is 14.5. The van der Waals surface area contributed by atoms with Crippen molar-refractivity contribution in [2.75, 3.05) is 32.1 Å². The Morgan fingerprint density at radius 3 is 2.72 bits per heavy atom. The van der Waals surface area contributed by atoms with Gasteiger partial charge in [-0.2, -0.15) is 0 Å². The molecule has 1 aromatic heterocycles. The Balaban J connectivity index is 1.52. The first kappa shape index (κ1) is 16.5. The van der Waals surface area contributed by atoms with Gasteiger partial charge in [-0.15, -0.1) is 10.2 Å². The lowest BCUT2D eigenvalue weighted by molar-refractivity contribution is -0.132. The molecule has 0 unspecified atom stereocenters. The molecule has 2 heterocycles. The van der Waals surface area contributed by atoms with Crippen molar-refractivity contribution >= 4 is 17.7 Å². The highest BCUT2D eigenvalue weighted by Gasteiger charge is 2.31. The summed E-state index contributed by atoms with van der Waals surface area (Å²) >= 11 is 1.37. The van der Waals surface area contributed by atoms with Crippen LogP contribution < -0.4 is 0 Å². The maximum absolute atomic E-state index is 14.1. The second kappa shape index (κ2) is 7.13. The van der Waals surface area contributed by atoms with E-state index in [0.717, 1.165) is 12.8 Å². The average Bonchev–Trinajstić information content (AvgIpc) is 3.40. The number of hydrogen-bond acceptors (Lipinski definition) is 5. The molecule has 1 amide bonds. The van der Waals surface area contributed by atoms with Crippen LogP contribution in [0.15, 0.2) is 29.4 Å². The highest BCUT2D eigenvalue weighted by molar-refractivity contribution is 7.99. The number of morpholine rings is 1. The van der Waals surface area contributed by atoms with E-state index in [2.05, 4.69) is 10.2 Å². The van der Waals surface area contributed by atoms with Crippen LogP contribution in [0.2, 0.25) is 0 Å². The SMILES string of the molecule is O=C(CSc1nnc(-c2ccccc2F)n1C1CC1)N1CCOCC1. The van der Waals surface area contributed by atoms with Gasteiger partial charge in [0.1, 0.15) is 5.82 Å². The minimum Gasteiger partial charge on any atom is -0.378 e. The highest BCUT2D eigenvalue weighted by atomic mass is 32.2. The lowest BCUT2D eigenvalue weighted by Crippen LogP contribution is -2.41. The summed E-state index contributed by atoms with van der Waals surface area (Å²) in [6, 6.07) is 6.89. The minimum atomic E-state index is -0.308. The number of benzene rings is 1. The quantitative estimate of drug-likeness (QED) is 0.765. The lowest BCUT2D eigenvalue weighted by atomic mass is 10.2. The molecule has 132 valence electrons. The van der Waals surface area contributed by atoms with Crippen molar-refractivity contribution in [3.63, 3.8) is 0 Å². The summed E-state index contributed by atoms with van der Waals surface area (Å²) in [6.45, 7) is 2.45. The molecule has 6 nitrogen and oxygen atoms in total. The Hall–Kier alpha value is -1.93. The third-order valence-corrected chi connectivity index (χ3v) is 5.31. The van der Waals surface area contributed by atoms with Gasteiger partial charge in [0, 0.05) is 19.1 Å². The summed E-state index contributed by atoms with van der Waals surface area (Å²) in [5, 5.41) is 9.11. The van der Waals surface area contributed by atoms with Crippen LogP contribution in [-0.4, -0.2) is 57.6 Å². The summed E-state index contributed by atoms with van der Waals surface area (Å²) in [4.78, 5) is 14.1. The van der Waals surface area contributed by atoms with E-state index in [1.54, 1.807) is 18.2 Å². The van der Waals surface area contributed by atoms with E-state index in [4.69, 9.17) is 4.74 Å². The fourth-order valence-corrected chi connectivity index (χ4v) is 3.80. The molecule has 2 aromatic rings. The van der Waals surface area contributed by atoms with Crippen LogP contribution in [0.4, 0.5) is 4.39 Å². The van der Waals surface area contributed by atoms with Crippen molar-refractivity contribution in [1.29, 1.82) is 0 Å². The standard InChI is InChI=1S/C17H19FN4O2S/c18-14-4-2-1-3-13(14)16-19-20-17(22(16)12-5-6-12)25-11-15(23)21-7-9-24-10-8-21/h1-4,12H,5-11H2. The summed E-state index contributed by atoms with van der Waals surface area (Å²) in [5.74, 6) is 0.619. The van der Waals surface area contributed by atoms with Gasteiger partial charge in [-0.05, 0) is 25.0 Å². The van der Waals surface area contributed by atoms with Gasteiger partial charge >= 0.3 is 0 Å². The maximum Gasteiger partial charge on any atom is 0.233 e. The molecule has 0 spiro atoms. The number of carbonyl (C=O) groups excluding carboxylic acids is 1. The minimum absolute atomic E-state index is 0.0751. The third kappa shape index (κ3) is 3.55.